The van der Waals surface area contributed by atoms with Crippen molar-refractivity contribution in [3.05, 3.63) is 0 Å². The number of phosphoric ester groups is 2. The first-order valence-electron chi connectivity index (χ1n) is 36.8. The Morgan fingerprint density at radius 3 is 0.789 bits per heavy atom. The molecule has 0 rings (SSSR count). The predicted octanol–water partition coefficient (Wildman–Crippen LogP) is 20.1. The Labute approximate surface area is 549 Å². The van der Waals surface area contributed by atoms with Gasteiger partial charge in [0.15, 0.2) is 12.2 Å². The van der Waals surface area contributed by atoms with E-state index in [0.29, 0.717) is 37.5 Å². The summed E-state index contributed by atoms with van der Waals surface area (Å²) in [5.41, 5.74) is 0. The predicted molar refractivity (Wildman–Crippen MR) is 363 cm³/mol. The summed E-state index contributed by atoms with van der Waals surface area (Å²) in [6, 6.07) is 0. The van der Waals surface area contributed by atoms with E-state index in [4.69, 9.17) is 37.0 Å². The van der Waals surface area contributed by atoms with Crippen LogP contribution in [0.1, 0.15) is 351 Å². The van der Waals surface area contributed by atoms with Crippen LogP contribution in [0.4, 0.5) is 0 Å². The summed E-state index contributed by atoms with van der Waals surface area (Å²) in [6.07, 6.45) is 43.7. The van der Waals surface area contributed by atoms with Gasteiger partial charge in [-0.1, -0.05) is 299 Å². The number of phosphoric acid groups is 2. The molecule has 0 bridgehead atoms. The number of carbonyl (C=O) groups is 4. The quantitative estimate of drug-likeness (QED) is 0.0222. The number of aliphatic hydroxyl groups is 1. The summed E-state index contributed by atoms with van der Waals surface area (Å²) in [4.78, 5) is 72.4. The fourth-order valence-corrected chi connectivity index (χ4v) is 12.2. The molecule has 0 aromatic carbocycles. The maximum Gasteiger partial charge on any atom is 0.472 e. The lowest BCUT2D eigenvalue weighted by Gasteiger charge is -2.21. The van der Waals surface area contributed by atoms with Crippen LogP contribution >= 0.6 is 15.6 Å². The summed E-state index contributed by atoms with van der Waals surface area (Å²) >= 11 is 0. The van der Waals surface area contributed by atoms with Crippen molar-refractivity contribution in [2.24, 2.45) is 23.7 Å². The van der Waals surface area contributed by atoms with Gasteiger partial charge in [0.2, 0.25) is 0 Å². The number of hydrogen-bond acceptors (Lipinski definition) is 15. The van der Waals surface area contributed by atoms with E-state index in [1.807, 2.05) is 0 Å². The van der Waals surface area contributed by atoms with E-state index >= 15 is 0 Å². The number of esters is 4. The van der Waals surface area contributed by atoms with Crippen molar-refractivity contribution < 1.29 is 80.2 Å². The van der Waals surface area contributed by atoms with Crippen LogP contribution in [-0.4, -0.2) is 96.7 Å². The van der Waals surface area contributed by atoms with E-state index in [2.05, 4.69) is 55.4 Å². The highest BCUT2D eigenvalue weighted by Crippen LogP contribution is 2.45. The second-order valence-corrected chi connectivity index (χ2v) is 30.0. The molecule has 0 aliphatic carbocycles. The topological polar surface area (TPSA) is 237 Å². The number of rotatable bonds is 68. The Balaban J connectivity index is 5.07. The second-order valence-electron chi connectivity index (χ2n) is 27.1. The molecular formula is C71H138O17P2. The Morgan fingerprint density at radius 2 is 0.533 bits per heavy atom. The van der Waals surface area contributed by atoms with E-state index in [9.17, 15) is 43.2 Å². The standard InChI is InChI=1S/C71H138O17P2/c1-9-63(7)49-41-33-23-21-19-17-15-13-11-12-14-16-18-20-22-24-35-43-51-68(73)81-57-66(87-70(75)53-45-37-28-25-31-39-47-61(3)4)59-85-89(77,78)83-55-65(72)56-84-90(79,80)86-60-67(88-71(76)54-46-38-29-26-32-40-48-62(5)6)58-82-69(74)52-44-36-30-27-34-42-50-64(8)10-2/h61-67,72H,9-60H2,1-8H3,(H,77,78)(H,79,80)/t63?,64?,65-,66-,67-/m1/s1. The van der Waals surface area contributed by atoms with Gasteiger partial charge in [0.1, 0.15) is 19.3 Å². The molecule has 0 saturated carbocycles. The molecule has 0 radical (unpaired) electrons. The van der Waals surface area contributed by atoms with Crippen LogP contribution in [-0.2, 0) is 65.4 Å². The lowest BCUT2D eigenvalue weighted by molar-refractivity contribution is -0.161. The van der Waals surface area contributed by atoms with Crippen molar-refractivity contribution in [1.82, 2.24) is 0 Å². The molecule has 0 fully saturated rings. The molecule has 3 N–H and O–H groups in total. The summed E-state index contributed by atoms with van der Waals surface area (Å²) in [5, 5.41) is 10.6. The van der Waals surface area contributed by atoms with Crippen LogP contribution in [0.25, 0.3) is 0 Å². The number of unbranched alkanes of at least 4 members (excludes halogenated alkanes) is 32. The third-order valence-corrected chi connectivity index (χ3v) is 18.9. The number of ether oxygens (including phenoxy) is 4. The van der Waals surface area contributed by atoms with Gasteiger partial charge in [-0.2, -0.15) is 0 Å². The monoisotopic (exact) mass is 1320 g/mol. The highest BCUT2D eigenvalue weighted by atomic mass is 31.2. The molecule has 17 nitrogen and oxygen atoms in total. The summed E-state index contributed by atoms with van der Waals surface area (Å²) in [7, 11) is -9.90. The maximum atomic E-state index is 13.0. The first-order valence-corrected chi connectivity index (χ1v) is 39.8. The van der Waals surface area contributed by atoms with Crippen molar-refractivity contribution in [3.8, 4) is 0 Å². The average Bonchev–Trinajstić information content (AvgIpc) is 3.57. The van der Waals surface area contributed by atoms with E-state index in [0.717, 1.165) is 108 Å². The molecule has 4 unspecified atom stereocenters. The van der Waals surface area contributed by atoms with Crippen LogP contribution in [0, 0.1) is 23.7 Å². The van der Waals surface area contributed by atoms with Crippen molar-refractivity contribution >= 4 is 39.5 Å². The Bertz CT molecular complexity index is 1790. The van der Waals surface area contributed by atoms with E-state index < -0.39 is 97.5 Å². The van der Waals surface area contributed by atoms with Crippen molar-refractivity contribution in [3.63, 3.8) is 0 Å². The molecule has 0 amide bonds. The van der Waals surface area contributed by atoms with Gasteiger partial charge in [-0.25, -0.2) is 9.13 Å². The third-order valence-electron chi connectivity index (χ3n) is 17.0. The highest BCUT2D eigenvalue weighted by Gasteiger charge is 2.30. The fourth-order valence-electron chi connectivity index (χ4n) is 10.6. The first-order chi connectivity index (χ1) is 43.2. The van der Waals surface area contributed by atoms with E-state index in [-0.39, 0.29) is 25.7 Å². The molecule has 0 aromatic heterocycles. The molecule has 19 heteroatoms. The van der Waals surface area contributed by atoms with Crippen molar-refractivity contribution in [1.29, 1.82) is 0 Å². The Kier molecular flexibility index (Phi) is 59.4. The zero-order valence-electron chi connectivity index (χ0n) is 58.8. The van der Waals surface area contributed by atoms with Gasteiger partial charge in [-0.3, -0.25) is 37.3 Å². The minimum Gasteiger partial charge on any atom is -0.462 e. The normalized spacial score (nSPS) is 14.9. The Hall–Kier alpha value is -1.94. The zero-order chi connectivity index (χ0) is 66.8. The molecule has 0 heterocycles. The fraction of sp³-hybridized carbons (Fsp3) is 0.944. The molecule has 534 valence electrons. The van der Waals surface area contributed by atoms with Gasteiger partial charge >= 0.3 is 39.5 Å². The minimum absolute atomic E-state index is 0.101. The van der Waals surface area contributed by atoms with Crippen LogP contribution in [0.3, 0.4) is 0 Å². The molecule has 0 saturated heterocycles. The molecule has 0 aliphatic rings. The molecule has 90 heavy (non-hydrogen) atoms. The van der Waals surface area contributed by atoms with Crippen LogP contribution in [0.5, 0.6) is 0 Å². The van der Waals surface area contributed by atoms with Gasteiger partial charge in [0.25, 0.3) is 0 Å². The maximum absolute atomic E-state index is 13.0. The van der Waals surface area contributed by atoms with Crippen LogP contribution in [0.2, 0.25) is 0 Å². The summed E-state index contributed by atoms with van der Waals surface area (Å²) in [5.74, 6) is 0.804. The Morgan fingerprint density at radius 1 is 0.311 bits per heavy atom. The van der Waals surface area contributed by atoms with Gasteiger partial charge < -0.3 is 33.8 Å². The average molecular weight is 1330 g/mol. The lowest BCUT2D eigenvalue weighted by Crippen LogP contribution is -2.30. The van der Waals surface area contributed by atoms with Crippen molar-refractivity contribution in [2.75, 3.05) is 39.6 Å². The number of aliphatic hydroxyl groups excluding tert-OH is 1. The molecule has 0 spiro atoms. The minimum atomic E-state index is -4.95. The number of carbonyl (C=O) groups excluding carboxylic acids is 4. The largest absolute Gasteiger partial charge is 0.472 e. The molecular weight excluding hydrogens is 1190 g/mol. The molecule has 7 atom stereocenters. The first kappa shape index (κ1) is 88.1. The van der Waals surface area contributed by atoms with Gasteiger partial charge in [0, 0.05) is 25.7 Å². The van der Waals surface area contributed by atoms with Gasteiger partial charge in [-0.05, 0) is 49.4 Å². The van der Waals surface area contributed by atoms with E-state index in [1.54, 1.807) is 0 Å². The van der Waals surface area contributed by atoms with Crippen LogP contribution < -0.4 is 0 Å². The molecule has 0 aromatic rings. The summed E-state index contributed by atoms with van der Waals surface area (Å²) < 4.78 is 68.1. The SMILES string of the molecule is CCC(C)CCCCCCCCCCCCCCCCCCCCC(=O)OC[C@H](COP(=O)(O)OC[C@@H](O)COP(=O)(O)OC[C@@H](COC(=O)CCCCCCCCC(C)CC)OC(=O)CCCCCCCCC(C)C)OC(=O)CCCCCCCCC(C)C. The molecule has 0 aliphatic heterocycles. The highest BCUT2D eigenvalue weighted by molar-refractivity contribution is 7.47. The number of hydrogen-bond donors (Lipinski definition) is 3. The second kappa shape index (κ2) is 60.7. The zero-order valence-corrected chi connectivity index (χ0v) is 60.6. The third kappa shape index (κ3) is 62.2. The smallest absolute Gasteiger partial charge is 0.462 e. The van der Waals surface area contributed by atoms with Crippen LogP contribution in [0.15, 0.2) is 0 Å². The van der Waals surface area contributed by atoms with Crippen molar-refractivity contribution in [2.45, 2.75) is 369 Å². The van der Waals surface area contributed by atoms with Gasteiger partial charge in [0.05, 0.1) is 26.4 Å². The summed E-state index contributed by atoms with van der Waals surface area (Å²) in [6.45, 7) is 14.0. The lowest BCUT2D eigenvalue weighted by atomic mass is 9.99. The van der Waals surface area contributed by atoms with E-state index in [1.165, 1.54) is 148 Å². The van der Waals surface area contributed by atoms with Gasteiger partial charge in [-0.15, -0.1) is 0 Å².